The van der Waals surface area contributed by atoms with Crippen molar-refractivity contribution in [3.8, 4) is 0 Å². The number of rotatable bonds is 2. The molecule has 1 fully saturated rings. The summed E-state index contributed by atoms with van der Waals surface area (Å²) in [7, 11) is 0. The van der Waals surface area contributed by atoms with Crippen LogP contribution in [0.15, 0.2) is 36.7 Å². The van der Waals surface area contributed by atoms with Crippen LogP contribution in [0.25, 0.3) is 0 Å². The largest absolute Gasteiger partial charge is 0.416 e. The average Bonchev–Trinajstić information content (AvgIpc) is 3.16. The number of carbonyl (C=O) groups excluding carboxylic acids is 1. The minimum atomic E-state index is -4.45. The summed E-state index contributed by atoms with van der Waals surface area (Å²) < 4.78 is 39.8. The van der Waals surface area contributed by atoms with Gasteiger partial charge in [-0.05, 0) is 24.6 Å². The van der Waals surface area contributed by atoms with Gasteiger partial charge in [0.1, 0.15) is 0 Å². The van der Waals surface area contributed by atoms with Crippen molar-refractivity contribution in [1.82, 2.24) is 19.9 Å². The van der Waals surface area contributed by atoms with Crippen LogP contribution in [0.2, 0.25) is 0 Å². The molecule has 3 rings (SSSR count). The second-order valence-corrected chi connectivity index (χ2v) is 5.16. The predicted octanol–water partition coefficient (Wildman–Crippen LogP) is 2.38. The van der Waals surface area contributed by atoms with Gasteiger partial charge in [0.25, 0.3) is 5.91 Å². The first-order valence-electron chi connectivity index (χ1n) is 6.77. The monoisotopic (exact) mass is 310 g/mol. The van der Waals surface area contributed by atoms with Crippen LogP contribution in [0, 0.1) is 0 Å². The molecule has 1 unspecified atom stereocenters. The van der Waals surface area contributed by atoms with Gasteiger partial charge in [0, 0.05) is 24.8 Å². The molecule has 1 atom stereocenters. The summed E-state index contributed by atoms with van der Waals surface area (Å²) in [6.45, 7) is 0.901. The van der Waals surface area contributed by atoms with Crippen LogP contribution in [0.1, 0.15) is 28.4 Å². The molecule has 116 valence electrons. The highest BCUT2D eigenvalue weighted by Gasteiger charge is 2.32. The van der Waals surface area contributed by atoms with Crippen molar-refractivity contribution in [2.45, 2.75) is 18.6 Å². The van der Waals surface area contributed by atoms with Crippen LogP contribution in [-0.2, 0) is 6.18 Å². The molecule has 1 aliphatic rings. The molecule has 2 heterocycles. The molecule has 2 aromatic rings. The minimum Gasteiger partial charge on any atom is -0.336 e. The Bertz CT molecular complexity index is 669. The molecule has 0 spiro atoms. The van der Waals surface area contributed by atoms with Crippen LogP contribution in [0.4, 0.5) is 13.2 Å². The zero-order valence-electron chi connectivity index (χ0n) is 11.5. The van der Waals surface area contributed by atoms with E-state index in [-0.39, 0.29) is 11.6 Å². The fourth-order valence-electron chi connectivity index (χ4n) is 2.57. The Labute approximate surface area is 124 Å². The maximum atomic E-state index is 12.7. The number of likely N-dealkylation sites (tertiary alicyclic amines) is 1. The normalized spacial score (nSPS) is 18.7. The molecule has 5 nitrogen and oxygen atoms in total. The second kappa shape index (κ2) is 5.43. The molecule has 0 radical (unpaired) electrons. The van der Waals surface area contributed by atoms with E-state index in [1.807, 2.05) is 0 Å². The molecule has 22 heavy (non-hydrogen) atoms. The Morgan fingerprint density at radius 3 is 2.82 bits per heavy atom. The van der Waals surface area contributed by atoms with Gasteiger partial charge in [-0.25, -0.2) is 4.68 Å². The van der Waals surface area contributed by atoms with E-state index >= 15 is 0 Å². The Morgan fingerprint density at radius 1 is 1.32 bits per heavy atom. The van der Waals surface area contributed by atoms with Crippen LogP contribution in [0.3, 0.4) is 0 Å². The van der Waals surface area contributed by atoms with E-state index in [9.17, 15) is 18.0 Å². The number of halogens is 3. The smallest absolute Gasteiger partial charge is 0.336 e. The lowest BCUT2D eigenvalue weighted by Crippen LogP contribution is -2.29. The number of amides is 1. The minimum absolute atomic E-state index is 0.0113. The highest BCUT2D eigenvalue weighted by atomic mass is 19.4. The van der Waals surface area contributed by atoms with E-state index in [0.29, 0.717) is 19.5 Å². The van der Waals surface area contributed by atoms with Gasteiger partial charge in [0.05, 0.1) is 17.8 Å². The zero-order valence-corrected chi connectivity index (χ0v) is 11.5. The van der Waals surface area contributed by atoms with Crippen molar-refractivity contribution < 1.29 is 18.0 Å². The molecule has 0 aliphatic carbocycles. The maximum Gasteiger partial charge on any atom is 0.416 e. The van der Waals surface area contributed by atoms with E-state index < -0.39 is 17.6 Å². The van der Waals surface area contributed by atoms with Gasteiger partial charge in [-0.3, -0.25) is 4.79 Å². The van der Waals surface area contributed by atoms with Gasteiger partial charge in [0.15, 0.2) is 0 Å². The van der Waals surface area contributed by atoms with Crippen molar-refractivity contribution in [3.05, 3.63) is 47.8 Å². The molecular formula is C14H13F3N4O. The third-order valence-corrected chi connectivity index (χ3v) is 3.70. The first-order chi connectivity index (χ1) is 10.4. The van der Waals surface area contributed by atoms with Gasteiger partial charge in [-0.1, -0.05) is 11.3 Å². The Balaban J connectivity index is 1.75. The summed E-state index contributed by atoms with van der Waals surface area (Å²) in [5, 5.41) is 7.61. The Hall–Kier alpha value is -2.38. The highest BCUT2D eigenvalue weighted by molar-refractivity contribution is 5.94. The van der Waals surface area contributed by atoms with Crippen LogP contribution in [-0.4, -0.2) is 38.9 Å². The van der Waals surface area contributed by atoms with E-state index in [2.05, 4.69) is 10.3 Å². The number of alkyl halides is 3. The summed E-state index contributed by atoms with van der Waals surface area (Å²) in [5.41, 5.74) is -0.764. The van der Waals surface area contributed by atoms with Gasteiger partial charge in [-0.15, -0.1) is 5.10 Å². The van der Waals surface area contributed by atoms with Crippen molar-refractivity contribution >= 4 is 5.91 Å². The van der Waals surface area contributed by atoms with Crippen molar-refractivity contribution in [3.63, 3.8) is 0 Å². The molecule has 1 aromatic carbocycles. The SMILES string of the molecule is O=C(c1cccc(C(F)(F)F)c1)N1CCC(n2ccnn2)C1. The molecule has 1 saturated heterocycles. The number of nitrogens with zero attached hydrogens (tertiary/aromatic N) is 4. The van der Waals surface area contributed by atoms with E-state index in [4.69, 9.17) is 0 Å². The first-order valence-corrected chi connectivity index (χ1v) is 6.77. The third kappa shape index (κ3) is 2.81. The van der Waals surface area contributed by atoms with E-state index in [1.54, 1.807) is 22.0 Å². The molecule has 0 N–H and O–H groups in total. The van der Waals surface area contributed by atoms with Crippen LogP contribution in [0.5, 0.6) is 0 Å². The number of hydrogen-bond donors (Lipinski definition) is 0. The Kier molecular flexibility index (Phi) is 3.59. The molecule has 1 aromatic heterocycles. The quantitative estimate of drug-likeness (QED) is 0.856. The summed E-state index contributed by atoms with van der Waals surface area (Å²) in [4.78, 5) is 13.9. The molecular weight excluding hydrogens is 297 g/mol. The molecule has 8 heteroatoms. The number of carbonyl (C=O) groups is 1. The summed E-state index contributed by atoms with van der Waals surface area (Å²) >= 11 is 0. The van der Waals surface area contributed by atoms with Crippen LogP contribution < -0.4 is 0 Å². The van der Waals surface area contributed by atoms with E-state index in [0.717, 1.165) is 12.1 Å². The lowest BCUT2D eigenvalue weighted by Gasteiger charge is -2.17. The van der Waals surface area contributed by atoms with Crippen molar-refractivity contribution in [1.29, 1.82) is 0 Å². The fraction of sp³-hybridized carbons (Fsp3) is 0.357. The van der Waals surface area contributed by atoms with Crippen molar-refractivity contribution in [2.24, 2.45) is 0 Å². The van der Waals surface area contributed by atoms with Gasteiger partial charge < -0.3 is 4.90 Å². The number of hydrogen-bond acceptors (Lipinski definition) is 3. The van der Waals surface area contributed by atoms with Gasteiger partial charge in [-0.2, -0.15) is 13.2 Å². The zero-order chi connectivity index (χ0) is 15.7. The Morgan fingerprint density at radius 2 is 2.14 bits per heavy atom. The molecule has 0 saturated carbocycles. The van der Waals surface area contributed by atoms with E-state index in [1.165, 1.54) is 12.1 Å². The average molecular weight is 310 g/mol. The van der Waals surface area contributed by atoms with Crippen LogP contribution >= 0.6 is 0 Å². The molecule has 0 bridgehead atoms. The number of aromatic nitrogens is 3. The molecule has 1 amide bonds. The lowest BCUT2D eigenvalue weighted by molar-refractivity contribution is -0.137. The molecule has 1 aliphatic heterocycles. The predicted molar refractivity (Wildman–Crippen MR) is 71.0 cm³/mol. The van der Waals surface area contributed by atoms with Gasteiger partial charge >= 0.3 is 6.18 Å². The lowest BCUT2D eigenvalue weighted by atomic mass is 10.1. The highest BCUT2D eigenvalue weighted by Crippen LogP contribution is 2.30. The topological polar surface area (TPSA) is 51.0 Å². The first kappa shape index (κ1) is 14.6. The summed E-state index contributed by atoms with van der Waals surface area (Å²) in [6.07, 6.45) is -0.487. The summed E-state index contributed by atoms with van der Waals surface area (Å²) in [6, 6.07) is 4.52. The van der Waals surface area contributed by atoms with Gasteiger partial charge in [0.2, 0.25) is 0 Å². The maximum absolute atomic E-state index is 12.7. The van der Waals surface area contributed by atoms with Crippen molar-refractivity contribution in [2.75, 3.05) is 13.1 Å². The number of benzene rings is 1. The fourth-order valence-corrected chi connectivity index (χ4v) is 2.57. The standard InChI is InChI=1S/C14H13F3N4O/c15-14(16,17)11-3-1-2-10(8-11)13(22)20-6-4-12(9-20)21-7-5-18-19-21/h1-3,5,7-8,12H,4,6,9H2. The second-order valence-electron chi connectivity index (χ2n) is 5.16. The third-order valence-electron chi connectivity index (χ3n) is 3.70. The summed E-state index contributed by atoms with van der Waals surface area (Å²) in [5.74, 6) is -0.395.